The molecule has 0 aromatic heterocycles. The highest BCUT2D eigenvalue weighted by molar-refractivity contribution is 6.23. The Kier molecular flexibility index (Phi) is 2.25. The van der Waals surface area contributed by atoms with Crippen molar-refractivity contribution < 1.29 is 14.3 Å². The zero-order chi connectivity index (χ0) is 14.0. The maximum atomic E-state index is 12.6. The van der Waals surface area contributed by atoms with E-state index in [-0.39, 0.29) is 35.9 Å². The van der Waals surface area contributed by atoms with Crippen molar-refractivity contribution in [2.24, 2.45) is 11.8 Å². The molecule has 20 heavy (non-hydrogen) atoms. The fourth-order valence-electron chi connectivity index (χ4n) is 3.60. The Labute approximate surface area is 117 Å². The zero-order valence-electron chi connectivity index (χ0n) is 11.4. The van der Waals surface area contributed by atoms with Gasteiger partial charge in [-0.3, -0.25) is 9.59 Å². The number of anilines is 1. The van der Waals surface area contributed by atoms with Crippen molar-refractivity contribution in [3.8, 4) is 0 Å². The summed E-state index contributed by atoms with van der Waals surface area (Å²) < 4.78 is 5.63. The summed E-state index contributed by atoms with van der Waals surface area (Å²) in [4.78, 5) is 26.6. The van der Waals surface area contributed by atoms with Crippen molar-refractivity contribution in [3.05, 3.63) is 41.5 Å². The van der Waals surface area contributed by atoms with E-state index in [0.29, 0.717) is 5.69 Å². The molecule has 0 N–H and O–H groups in total. The summed E-state index contributed by atoms with van der Waals surface area (Å²) in [5.74, 6) is -0.913. The highest BCUT2D eigenvalue weighted by Crippen LogP contribution is 2.46. The summed E-state index contributed by atoms with van der Waals surface area (Å²) in [5, 5.41) is 0. The lowest BCUT2D eigenvalue weighted by molar-refractivity contribution is -0.124. The van der Waals surface area contributed by atoms with Crippen LogP contribution < -0.4 is 4.90 Å². The molecule has 4 atom stereocenters. The van der Waals surface area contributed by atoms with Gasteiger partial charge < -0.3 is 4.74 Å². The SMILES string of the molecule is Cc1ccc(N2C(=O)[C@@H]3[C@@H](C2=O)[C@@H]2C=C[C@@H]3O2)c(C)c1. The molecule has 1 aromatic rings. The van der Waals surface area contributed by atoms with Crippen LogP contribution >= 0.6 is 0 Å². The van der Waals surface area contributed by atoms with Crippen molar-refractivity contribution in [1.82, 2.24) is 0 Å². The van der Waals surface area contributed by atoms with E-state index >= 15 is 0 Å². The second kappa shape index (κ2) is 3.79. The Morgan fingerprint density at radius 3 is 2.15 bits per heavy atom. The maximum Gasteiger partial charge on any atom is 0.240 e. The van der Waals surface area contributed by atoms with Gasteiger partial charge in [-0.2, -0.15) is 0 Å². The Bertz CT molecular complexity index is 634. The van der Waals surface area contributed by atoms with Crippen LogP contribution in [0.15, 0.2) is 30.4 Å². The lowest BCUT2D eigenvalue weighted by atomic mass is 9.85. The van der Waals surface area contributed by atoms with Gasteiger partial charge in [-0.25, -0.2) is 4.90 Å². The second-order valence-electron chi connectivity index (χ2n) is 5.80. The summed E-state index contributed by atoms with van der Waals surface area (Å²) in [5.41, 5.74) is 2.78. The third-order valence-corrected chi connectivity index (χ3v) is 4.50. The molecule has 3 aliphatic heterocycles. The van der Waals surface area contributed by atoms with Crippen LogP contribution in [0.3, 0.4) is 0 Å². The molecule has 4 heteroatoms. The number of amides is 2. The Balaban J connectivity index is 1.78. The molecular formula is C16H15NO3. The first-order chi connectivity index (χ1) is 9.58. The number of aryl methyl sites for hydroxylation is 2. The first kappa shape index (κ1) is 11.9. The number of hydrogen-bond acceptors (Lipinski definition) is 3. The summed E-state index contributed by atoms with van der Waals surface area (Å²) in [7, 11) is 0. The molecule has 2 bridgehead atoms. The van der Waals surface area contributed by atoms with Crippen molar-refractivity contribution in [2.75, 3.05) is 4.90 Å². The molecule has 4 rings (SSSR count). The fourth-order valence-corrected chi connectivity index (χ4v) is 3.60. The van der Waals surface area contributed by atoms with Crippen LogP contribution in [-0.4, -0.2) is 24.0 Å². The van der Waals surface area contributed by atoms with Crippen LogP contribution in [0.4, 0.5) is 5.69 Å². The molecule has 102 valence electrons. The Morgan fingerprint density at radius 2 is 1.60 bits per heavy atom. The molecule has 4 nitrogen and oxygen atoms in total. The van der Waals surface area contributed by atoms with Crippen molar-refractivity contribution in [3.63, 3.8) is 0 Å². The number of imide groups is 1. The first-order valence-electron chi connectivity index (χ1n) is 6.87. The zero-order valence-corrected chi connectivity index (χ0v) is 11.4. The van der Waals surface area contributed by atoms with Crippen molar-refractivity contribution in [1.29, 1.82) is 0 Å². The van der Waals surface area contributed by atoms with E-state index in [1.165, 1.54) is 4.90 Å². The number of hydrogen-bond donors (Lipinski definition) is 0. The topological polar surface area (TPSA) is 46.6 Å². The van der Waals surface area contributed by atoms with Crippen LogP contribution in [-0.2, 0) is 14.3 Å². The standard InChI is InChI=1S/C16H15NO3/c1-8-3-4-10(9(2)7-8)17-15(18)13-11-5-6-12(20-11)14(13)16(17)19/h3-7,11-14H,1-2H3/t11-,12-,13-,14-/m0/s1. The molecule has 0 aliphatic carbocycles. The average Bonchev–Trinajstić information content (AvgIpc) is 3.06. The fraction of sp³-hybridized carbons (Fsp3) is 0.375. The van der Waals surface area contributed by atoms with Gasteiger partial charge in [0.15, 0.2) is 0 Å². The van der Waals surface area contributed by atoms with Crippen molar-refractivity contribution >= 4 is 17.5 Å². The monoisotopic (exact) mass is 269 g/mol. The predicted octanol–water partition coefficient (Wildman–Crippen LogP) is 1.75. The van der Waals surface area contributed by atoms with E-state index in [1.807, 2.05) is 44.2 Å². The number of nitrogens with zero attached hydrogens (tertiary/aromatic N) is 1. The van der Waals surface area contributed by atoms with Gasteiger partial charge in [0.2, 0.25) is 11.8 Å². The first-order valence-corrected chi connectivity index (χ1v) is 6.87. The number of ether oxygens (including phenoxy) is 1. The molecule has 2 fully saturated rings. The predicted molar refractivity (Wildman–Crippen MR) is 73.2 cm³/mol. The van der Waals surface area contributed by atoms with Gasteiger partial charge in [-0.15, -0.1) is 0 Å². The van der Waals surface area contributed by atoms with Crippen LogP contribution in [0, 0.1) is 25.7 Å². The summed E-state index contributed by atoms with van der Waals surface area (Å²) in [6.45, 7) is 3.93. The van der Waals surface area contributed by atoms with E-state index in [2.05, 4.69) is 0 Å². The Morgan fingerprint density at radius 1 is 1.00 bits per heavy atom. The smallest absolute Gasteiger partial charge is 0.240 e. The molecule has 0 saturated carbocycles. The van der Waals surface area contributed by atoms with Gasteiger partial charge in [0.25, 0.3) is 0 Å². The van der Waals surface area contributed by atoms with Gasteiger partial charge in [0, 0.05) is 0 Å². The van der Waals surface area contributed by atoms with Crippen LogP contribution in [0.1, 0.15) is 11.1 Å². The molecule has 0 unspecified atom stereocenters. The highest BCUT2D eigenvalue weighted by atomic mass is 16.5. The molecule has 1 aromatic carbocycles. The van der Waals surface area contributed by atoms with Gasteiger partial charge >= 0.3 is 0 Å². The third kappa shape index (κ3) is 1.34. The highest BCUT2D eigenvalue weighted by Gasteiger charge is 2.61. The van der Waals surface area contributed by atoms with Crippen LogP contribution in [0.2, 0.25) is 0 Å². The van der Waals surface area contributed by atoms with Gasteiger partial charge in [0.05, 0.1) is 29.7 Å². The van der Waals surface area contributed by atoms with Gasteiger partial charge in [0.1, 0.15) is 0 Å². The number of carbonyl (C=O) groups excluding carboxylic acids is 2. The van der Waals surface area contributed by atoms with Gasteiger partial charge in [-0.1, -0.05) is 29.8 Å². The molecular weight excluding hydrogens is 254 g/mol. The number of carbonyl (C=O) groups is 2. The van der Waals surface area contributed by atoms with E-state index in [9.17, 15) is 9.59 Å². The van der Waals surface area contributed by atoms with E-state index < -0.39 is 0 Å². The lowest BCUT2D eigenvalue weighted by Crippen LogP contribution is -2.34. The maximum absolute atomic E-state index is 12.6. The lowest BCUT2D eigenvalue weighted by Gasteiger charge is -2.19. The minimum absolute atomic E-state index is 0.121. The van der Waals surface area contributed by atoms with E-state index in [1.54, 1.807) is 0 Å². The summed E-state index contributed by atoms with van der Waals surface area (Å²) in [6.07, 6.45) is 3.36. The second-order valence-corrected chi connectivity index (χ2v) is 5.80. The average molecular weight is 269 g/mol. The van der Waals surface area contributed by atoms with Gasteiger partial charge in [-0.05, 0) is 25.5 Å². The van der Waals surface area contributed by atoms with Crippen LogP contribution in [0.5, 0.6) is 0 Å². The minimum atomic E-state index is -0.335. The molecule has 0 spiro atoms. The molecule has 3 aliphatic rings. The largest absolute Gasteiger partial charge is 0.365 e. The number of fused-ring (bicyclic) bond motifs is 5. The summed E-state index contributed by atoms with van der Waals surface area (Å²) >= 11 is 0. The summed E-state index contributed by atoms with van der Waals surface area (Å²) in [6, 6.07) is 5.78. The number of rotatable bonds is 1. The molecule has 2 saturated heterocycles. The molecule has 3 heterocycles. The molecule has 0 radical (unpaired) electrons. The Hall–Kier alpha value is -1.94. The third-order valence-electron chi connectivity index (χ3n) is 4.50. The van der Waals surface area contributed by atoms with E-state index in [0.717, 1.165) is 11.1 Å². The van der Waals surface area contributed by atoms with Crippen LogP contribution in [0.25, 0.3) is 0 Å². The quantitative estimate of drug-likeness (QED) is 0.576. The van der Waals surface area contributed by atoms with Crippen molar-refractivity contribution in [2.45, 2.75) is 26.1 Å². The molecule has 2 amide bonds. The normalized spacial score (nSPS) is 34.2. The minimum Gasteiger partial charge on any atom is -0.365 e. The number of benzene rings is 1. The van der Waals surface area contributed by atoms with E-state index in [4.69, 9.17) is 4.74 Å².